The number of hydrogen-bond acceptors (Lipinski definition) is 4. The molecule has 0 heterocycles. The molecule has 26 heavy (non-hydrogen) atoms. The van der Waals surface area contributed by atoms with Gasteiger partial charge in [0.05, 0.1) is 7.11 Å². The first kappa shape index (κ1) is 17.5. The maximum atomic E-state index is 11.1. The van der Waals surface area contributed by atoms with E-state index >= 15 is 0 Å². The fourth-order valence-corrected chi connectivity index (χ4v) is 2.70. The van der Waals surface area contributed by atoms with Crippen molar-refractivity contribution in [3.8, 4) is 11.5 Å². The van der Waals surface area contributed by atoms with Crippen LogP contribution in [0.4, 0.5) is 0 Å². The van der Waals surface area contributed by atoms with Gasteiger partial charge in [-0.1, -0.05) is 42.5 Å². The van der Waals surface area contributed by atoms with Crippen molar-refractivity contribution in [3.05, 3.63) is 77.9 Å². The highest BCUT2D eigenvalue weighted by atomic mass is 16.5. The highest BCUT2D eigenvalue weighted by Crippen LogP contribution is 2.27. The number of ether oxygens (including phenoxy) is 2. The van der Waals surface area contributed by atoms with E-state index in [1.165, 1.54) is 11.5 Å². The normalized spacial score (nSPS) is 10.8. The molecular weight excluding hydrogens is 330 g/mol. The second-order valence-corrected chi connectivity index (χ2v) is 5.64. The number of nitrogens with one attached hydrogen (secondary N) is 1. The molecule has 2 N–H and O–H groups in total. The van der Waals surface area contributed by atoms with Gasteiger partial charge in [0.15, 0.2) is 0 Å². The van der Waals surface area contributed by atoms with Crippen LogP contribution in [0.15, 0.2) is 66.7 Å². The molecule has 0 atom stereocenters. The molecular formula is C21H19NO4. The smallest absolute Gasteiger partial charge is 0.267 e. The topological polar surface area (TPSA) is 67.8 Å². The molecule has 1 amide bonds. The summed E-state index contributed by atoms with van der Waals surface area (Å²) in [5.41, 5.74) is 3.35. The van der Waals surface area contributed by atoms with Gasteiger partial charge in [-0.2, -0.15) is 0 Å². The summed E-state index contributed by atoms with van der Waals surface area (Å²) in [5, 5.41) is 10.9. The molecule has 5 nitrogen and oxygen atoms in total. The average Bonchev–Trinajstić information content (AvgIpc) is 2.70. The Balaban J connectivity index is 1.78. The lowest BCUT2D eigenvalue weighted by molar-refractivity contribution is -0.124. The van der Waals surface area contributed by atoms with Gasteiger partial charge in [0.2, 0.25) is 0 Å². The Morgan fingerprint density at radius 3 is 2.73 bits per heavy atom. The Morgan fingerprint density at radius 1 is 1.12 bits per heavy atom. The molecule has 0 aliphatic carbocycles. The zero-order chi connectivity index (χ0) is 18.4. The summed E-state index contributed by atoms with van der Waals surface area (Å²) in [5.74, 6) is 0.629. The quantitative estimate of drug-likeness (QED) is 0.402. The van der Waals surface area contributed by atoms with Gasteiger partial charge in [0.25, 0.3) is 5.91 Å². The zero-order valence-electron chi connectivity index (χ0n) is 14.3. The molecule has 0 aliphatic rings. The average molecular weight is 349 g/mol. The third kappa shape index (κ3) is 4.02. The lowest BCUT2D eigenvalue weighted by atomic mass is 10.1. The molecule has 0 aromatic heterocycles. The second-order valence-electron chi connectivity index (χ2n) is 5.64. The number of rotatable bonds is 6. The van der Waals surface area contributed by atoms with Gasteiger partial charge in [-0.25, -0.2) is 5.48 Å². The van der Waals surface area contributed by atoms with E-state index in [0.29, 0.717) is 23.7 Å². The summed E-state index contributed by atoms with van der Waals surface area (Å²) in [6.07, 6.45) is 2.77. The summed E-state index contributed by atoms with van der Waals surface area (Å²) >= 11 is 0. The number of amides is 1. The van der Waals surface area contributed by atoms with Gasteiger partial charge in [-0.05, 0) is 34.5 Å². The molecule has 0 spiro atoms. The summed E-state index contributed by atoms with van der Waals surface area (Å²) in [6, 6.07) is 19.7. The molecule has 3 aromatic rings. The number of hydrogen-bond donors (Lipinski definition) is 2. The monoisotopic (exact) mass is 349 g/mol. The lowest BCUT2D eigenvalue weighted by Gasteiger charge is -2.11. The van der Waals surface area contributed by atoms with Crippen LogP contribution in [0, 0.1) is 0 Å². The number of fused-ring (bicyclic) bond motifs is 1. The summed E-state index contributed by atoms with van der Waals surface area (Å²) in [7, 11) is 1.55. The van der Waals surface area contributed by atoms with Crippen molar-refractivity contribution in [2.75, 3.05) is 7.11 Å². The van der Waals surface area contributed by atoms with Crippen molar-refractivity contribution in [1.82, 2.24) is 5.48 Å². The second kappa shape index (κ2) is 8.18. The molecule has 0 saturated carbocycles. The molecule has 132 valence electrons. The van der Waals surface area contributed by atoms with E-state index < -0.39 is 5.91 Å². The number of benzene rings is 3. The Morgan fingerprint density at radius 2 is 1.92 bits per heavy atom. The number of carbonyl (C=O) groups excluding carboxylic acids is 1. The molecule has 3 rings (SSSR count). The first-order chi connectivity index (χ1) is 12.7. The SMILES string of the molecule is COc1cc(OCc2cccc3ccccc23)ccc1/C=C/C(=O)NO. The van der Waals surface area contributed by atoms with Crippen LogP contribution >= 0.6 is 0 Å². The lowest BCUT2D eigenvalue weighted by Crippen LogP contribution is -2.14. The van der Waals surface area contributed by atoms with Crippen LogP contribution in [0.3, 0.4) is 0 Å². The minimum Gasteiger partial charge on any atom is -0.496 e. The van der Waals surface area contributed by atoms with Crippen molar-refractivity contribution in [2.45, 2.75) is 6.61 Å². The van der Waals surface area contributed by atoms with E-state index in [9.17, 15) is 4.79 Å². The van der Waals surface area contributed by atoms with Crippen LogP contribution in [0.2, 0.25) is 0 Å². The third-order valence-corrected chi connectivity index (χ3v) is 4.00. The van der Waals surface area contributed by atoms with Crippen molar-refractivity contribution in [1.29, 1.82) is 0 Å². The fourth-order valence-electron chi connectivity index (χ4n) is 2.70. The summed E-state index contributed by atoms with van der Waals surface area (Å²) < 4.78 is 11.3. The molecule has 0 fully saturated rings. The van der Waals surface area contributed by atoms with Crippen molar-refractivity contribution < 1.29 is 19.5 Å². The molecule has 5 heteroatoms. The van der Waals surface area contributed by atoms with E-state index in [-0.39, 0.29) is 0 Å². The van der Waals surface area contributed by atoms with Gasteiger partial charge in [0, 0.05) is 17.7 Å². The van der Waals surface area contributed by atoms with Gasteiger partial charge in [-0.15, -0.1) is 0 Å². The van der Waals surface area contributed by atoms with Gasteiger partial charge in [0.1, 0.15) is 18.1 Å². The Kier molecular flexibility index (Phi) is 5.51. The van der Waals surface area contributed by atoms with Crippen LogP contribution in [-0.2, 0) is 11.4 Å². The number of hydroxylamine groups is 1. The Labute approximate surface area is 151 Å². The van der Waals surface area contributed by atoms with E-state index in [1.807, 2.05) is 30.3 Å². The highest BCUT2D eigenvalue weighted by molar-refractivity contribution is 5.91. The van der Waals surface area contributed by atoms with Crippen LogP contribution < -0.4 is 15.0 Å². The minimum absolute atomic E-state index is 0.437. The number of carbonyl (C=O) groups is 1. The molecule has 0 unspecified atom stereocenters. The fraction of sp³-hybridized carbons (Fsp3) is 0.0952. The first-order valence-electron chi connectivity index (χ1n) is 8.11. The van der Waals surface area contributed by atoms with Crippen molar-refractivity contribution >= 4 is 22.8 Å². The number of methoxy groups -OCH3 is 1. The van der Waals surface area contributed by atoms with E-state index in [2.05, 4.69) is 18.2 Å². The van der Waals surface area contributed by atoms with Crippen LogP contribution in [0.25, 0.3) is 16.8 Å². The maximum Gasteiger partial charge on any atom is 0.267 e. The van der Waals surface area contributed by atoms with Crippen molar-refractivity contribution in [2.24, 2.45) is 0 Å². The highest BCUT2D eigenvalue weighted by Gasteiger charge is 2.06. The van der Waals surface area contributed by atoms with E-state index in [4.69, 9.17) is 14.7 Å². The minimum atomic E-state index is -0.608. The Bertz CT molecular complexity index is 944. The molecule has 3 aromatic carbocycles. The molecule has 0 aliphatic heterocycles. The van der Waals surface area contributed by atoms with Gasteiger partial charge < -0.3 is 9.47 Å². The standard InChI is InChI=1S/C21H19NO4/c1-25-20-13-18(11-9-16(20)10-12-21(23)22-24)26-14-17-7-4-6-15-5-2-3-8-19(15)17/h2-13,24H,14H2,1H3,(H,22,23)/b12-10+. The summed E-state index contributed by atoms with van der Waals surface area (Å²) in [4.78, 5) is 11.1. The zero-order valence-corrected chi connectivity index (χ0v) is 14.3. The largest absolute Gasteiger partial charge is 0.496 e. The summed E-state index contributed by atoms with van der Waals surface area (Å²) in [6.45, 7) is 0.437. The van der Waals surface area contributed by atoms with Crippen LogP contribution in [0.1, 0.15) is 11.1 Å². The maximum absolute atomic E-state index is 11.1. The first-order valence-corrected chi connectivity index (χ1v) is 8.11. The Hall–Kier alpha value is -3.31. The van der Waals surface area contributed by atoms with Crippen LogP contribution in [-0.4, -0.2) is 18.2 Å². The van der Waals surface area contributed by atoms with Crippen LogP contribution in [0.5, 0.6) is 11.5 Å². The van der Waals surface area contributed by atoms with Gasteiger partial charge in [-0.3, -0.25) is 10.0 Å². The van der Waals surface area contributed by atoms with Crippen molar-refractivity contribution in [3.63, 3.8) is 0 Å². The third-order valence-electron chi connectivity index (χ3n) is 4.00. The van der Waals surface area contributed by atoms with Gasteiger partial charge >= 0.3 is 0 Å². The molecule has 0 radical (unpaired) electrons. The molecule has 0 saturated heterocycles. The predicted molar refractivity (Wildman–Crippen MR) is 100 cm³/mol. The molecule has 0 bridgehead atoms. The predicted octanol–water partition coefficient (Wildman–Crippen LogP) is 3.95. The van der Waals surface area contributed by atoms with E-state index in [1.54, 1.807) is 30.8 Å². The van der Waals surface area contributed by atoms with E-state index in [0.717, 1.165) is 10.9 Å².